The third kappa shape index (κ3) is 4.55. The number of hydrogen-bond acceptors (Lipinski definition) is 0. The summed E-state index contributed by atoms with van der Waals surface area (Å²) in [4.78, 5) is 0. The average molecular weight is 368 g/mol. The summed E-state index contributed by atoms with van der Waals surface area (Å²) in [6.45, 7) is -22.6. The topological polar surface area (TPSA) is 0 Å². The van der Waals surface area contributed by atoms with E-state index in [0.29, 0.717) is 0 Å². The van der Waals surface area contributed by atoms with Crippen LogP contribution in [0, 0.1) is 0 Å². The van der Waals surface area contributed by atoms with Gasteiger partial charge in [-0.3, -0.25) is 0 Å². The fraction of sp³-hybridized carbons (Fsp3) is 0. The monoisotopic (exact) mass is 369 g/mol. The van der Waals surface area contributed by atoms with Gasteiger partial charge in [0.25, 0.3) is 0 Å². The molecule has 0 saturated heterocycles. The fourth-order valence-corrected chi connectivity index (χ4v) is 18.2. The molecule has 13 heteroatoms. The molecule has 0 aromatic carbocycles. The first-order valence-electron chi connectivity index (χ1n) is 2.23. The minimum atomic E-state index is -7.54. The van der Waals surface area contributed by atoms with Crippen molar-refractivity contribution in [2.75, 3.05) is 0 Å². The quantitative estimate of drug-likeness (QED) is 0.348. The van der Waals surface area contributed by atoms with E-state index in [0.717, 1.165) is 0 Å². The van der Waals surface area contributed by atoms with Crippen molar-refractivity contribution in [2.45, 2.75) is 0 Å². The molecule has 0 heterocycles. The third-order valence-electron chi connectivity index (χ3n) is 0.601. The van der Waals surface area contributed by atoms with Crippen LogP contribution in [0.25, 0.3) is 0 Å². The summed E-state index contributed by atoms with van der Waals surface area (Å²) in [5.74, 6) is 0. The molecule has 89 valence electrons. The van der Waals surface area contributed by atoms with E-state index < -0.39 is 34.1 Å². The number of halogens is 9. The van der Waals surface area contributed by atoms with Gasteiger partial charge in [0.1, 0.15) is 0 Å². The molecule has 0 rings (SSSR count). The van der Waals surface area contributed by atoms with Gasteiger partial charge in [0.2, 0.25) is 0 Å². The predicted molar refractivity (Wildman–Crippen MR) is 34.9 cm³/mol. The van der Waals surface area contributed by atoms with Gasteiger partial charge in [-0.15, -0.1) is 0 Å². The Labute approximate surface area is 72.4 Å². The molecule has 0 aliphatic rings. The van der Waals surface area contributed by atoms with Crippen LogP contribution in [-0.2, 0) is 14.5 Å². The van der Waals surface area contributed by atoms with Gasteiger partial charge in [-0.1, -0.05) is 0 Å². The van der Waals surface area contributed by atoms with Gasteiger partial charge in [-0.05, 0) is 0 Å². The van der Waals surface area contributed by atoms with Crippen LogP contribution in [0.15, 0.2) is 0 Å². The molecular formula is H3F9P3Ru. The number of hydrogen-bond donors (Lipinski definition) is 0. The molecule has 0 unspecified atom stereocenters. The molecule has 0 spiro atoms. The van der Waals surface area contributed by atoms with Gasteiger partial charge in [0, 0.05) is 0 Å². The van der Waals surface area contributed by atoms with Crippen LogP contribution >= 0.6 is 19.6 Å². The van der Waals surface area contributed by atoms with Gasteiger partial charge >= 0.3 is 71.9 Å². The van der Waals surface area contributed by atoms with Crippen LogP contribution < -0.4 is 0 Å². The maximum absolute atomic E-state index is 11.5. The van der Waals surface area contributed by atoms with Crippen molar-refractivity contribution in [1.29, 1.82) is 0 Å². The average Bonchev–Trinajstić information content (AvgIpc) is 1.44. The Bertz CT molecular complexity index is 137. The molecule has 0 aromatic heterocycles. The van der Waals surface area contributed by atoms with Crippen LogP contribution in [0.3, 0.4) is 0 Å². The minimum absolute atomic E-state index is 6.43. The summed E-state index contributed by atoms with van der Waals surface area (Å²) >= 11 is -6.43. The summed E-state index contributed by atoms with van der Waals surface area (Å²) in [6, 6.07) is 0. The van der Waals surface area contributed by atoms with Crippen LogP contribution in [0.5, 0.6) is 0 Å². The molecule has 0 aliphatic carbocycles. The zero-order valence-corrected chi connectivity index (χ0v) is 9.99. The number of rotatable bonds is 3. The van der Waals surface area contributed by atoms with E-state index in [9.17, 15) is 37.8 Å². The van der Waals surface area contributed by atoms with E-state index >= 15 is 0 Å². The SMILES string of the molecule is F[PH](F)(F)[Ru]([PH](F)(F)F)[PH](F)(F)F. The van der Waals surface area contributed by atoms with Gasteiger partial charge in [-0.2, -0.15) is 0 Å². The summed E-state index contributed by atoms with van der Waals surface area (Å²) in [5.41, 5.74) is 0. The van der Waals surface area contributed by atoms with Gasteiger partial charge in [-0.25, -0.2) is 0 Å². The first-order chi connectivity index (χ1) is 5.37. The van der Waals surface area contributed by atoms with Crippen LogP contribution in [0.1, 0.15) is 0 Å². The summed E-state index contributed by atoms with van der Waals surface area (Å²) in [7, 11) is 0. The zero-order valence-electron chi connectivity index (χ0n) is 5.26. The Hall–Kier alpha value is 1.28. The van der Waals surface area contributed by atoms with E-state index in [1.807, 2.05) is 0 Å². The molecule has 0 fully saturated rings. The second-order valence-electron chi connectivity index (χ2n) is 1.51. The summed E-state index contributed by atoms with van der Waals surface area (Å²) < 4.78 is 104. The van der Waals surface area contributed by atoms with Crippen LogP contribution in [0.4, 0.5) is 37.8 Å². The van der Waals surface area contributed by atoms with Crippen molar-refractivity contribution >= 4 is 19.6 Å². The molecule has 0 saturated carbocycles. The molecule has 0 N–H and O–H groups in total. The maximum atomic E-state index is 11.5. The van der Waals surface area contributed by atoms with Crippen molar-refractivity contribution in [1.82, 2.24) is 0 Å². The molecule has 0 aromatic rings. The normalized spacial score (nSPS) is 19.6. The molecule has 0 aliphatic heterocycles. The fourth-order valence-electron chi connectivity index (χ4n) is 0.341. The summed E-state index contributed by atoms with van der Waals surface area (Å²) in [5, 5.41) is 0. The second kappa shape index (κ2) is 4.04. The van der Waals surface area contributed by atoms with Gasteiger partial charge in [0.15, 0.2) is 0 Å². The van der Waals surface area contributed by atoms with Crippen molar-refractivity contribution in [3.05, 3.63) is 0 Å². The molecular weight excluding hydrogens is 365 g/mol. The molecule has 0 radical (unpaired) electrons. The molecule has 0 bridgehead atoms. The van der Waals surface area contributed by atoms with E-state index in [1.54, 1.807) is 0 Å². The van der Waals surface area contributed by atoms with Crippen LogP contribution in [-0.4, -0.2) is 0 Å². The third-order valence-corrected chi connectivity index (χ3v) is 32.0. The van der Waals surface area contributed by atoms with Gasteiger partial charge < -0.3 is 0 Å². The summed E-state index contributed by atoms with van der Waals surface area (Å²) in [6.07, 6.45) is 0. The van der Waals surface area contributed by atoms with Crippen molar-refractivity contribution < 1.29 is 52.3 Å². The Morgan fingerprint density at radius 3 is 0.615 bits per heavy atom. The van der Waals surface area contributed by atoms with Crippen molar-refractivity contribution in [3.8, 4) is 0 Å². The molecule has 0 amide bonds. The Kier molecular flexibility index (Phi) is 4.43. The Balaban J connectivity index is 5.02. The predicted octanol–water partition coefficient (Wildman–Crippen LogP) is 5.56. The van der Waals surface area contributed by atoms with E-state index in [2.05, 4.69) is 0 Å². The molecule has 0 nitrogen and oxygen atoms in total. The molecule has 0 atom stereocenters. The first-order valence-corrected chi connectivity index (χ1v) is 14.5. The standard InChI is InChI=1S/3F3HP.Ru/c3*1-4(2)3;/h3*4H;/q3*+1;-3. The van der Waals surface area contributed by atoms with Crippen molar-refractivity contribution in [3.63, 3.8) is 0 Å². The van der Waals surface area contributed by atoms with Gasteiger partial charge in [0.05, 0.1) is 0 Å². The molecule has 13 heavy (non-hydrogen) atoms. The second-order valence-corrected chi connectivity index (χ2v) is 26.7. The Morgan fingerprint density at radius 1 is 0.462 bits per heavy atom. The first kappa shape index (κ1) is 14.3. The van der Waals surface area contributed by atoms with Crippen LogP contribution in [0.2, 0.25) is 0 Å². The Morgan fingerprint density at radius 2 is 0.615 bits per heavy atom. The van der Waals surface area contributed by atoms with E-state index in [4.69, 9.17) is 0 Å². The zero-order chi connectivity index (χ0) is 11.1. The van der Waals surface area contributed by atoms with Crippen molar-refractivity contribution in [2.24, 2.45) is 0 Å². The van der Waals surface area contributed by atoms with E-state index in [-0.39, 0.29) is 0 Å². The van der Waals surface area contributed by atoms with E-state index in [1.165, 1.54) is 0 Å².